The summed E-state index contributed by atoms with van der Waals surface area (Å²) in [7, 11) is 0. The molecule has 0 bridgehead atoms. The zero-order valence-corrected chi connectivity index (χ0v) is 12.1. The number of ether oxygens (including phenoxy) is 2. The smallest absolute Gasteiger partial charge is 0.340 e. The number of hydrogen-bond donors (Lipinski definition) is 1. The standard InChI is InChI=1S/C15H19NO4/c1-9(2)13(17)19-11-8-6-7-10(12(11)16)14(18)20-15(3,4)5/h6-8H,1,16H2,2-5H3. The second-order valence-corrected chi connectivity index (χ2v) is 5.39. The number of benzene rings is 1. The number of nitrogens with two attached hydrogens (primary N) is 1. The lowest BCUT2D eigenvalue weighted by Crippen LogP contribution is -2.24. The van der Waals surface area contributed by atoms with Crippen molar-refractivity contribution in [2.24, 2.45) is 0 Å². The van der Waals surface area contributed by atoms with Crippen LogP contribution >= 0.6 is 0 Å². The van der Waals surface area contributed by atoms with Crippen LogP contribution in [0.4, 0.5) is 5.69 Å². The van der Waals surface area contributed by atoms with E-state index in [0.29, 0.717) is 0 Å². The molecule has 0 atom stereocenters. The number of nitrogen functional groups attached to an aromatic ring is 1. The highest BCUT2D eigenvalue weighted by Gasteiger charge is 2.21. The van der Waals surface area contributed by atoms with Gasteiger partial charge in [-0.1, -0.05) is 12.6 Å². The Morgan fingerprint density at radius 1 is 1.25 bits per heavy atom. The van der Waals surface area contributed by atoms with E-state index in [9.17, 15) is 9.59 Å². The fourth-order valence-corrected chi connectivity index (χ4v) is 1.33. The maximum absolute atomic E-state index is 12.0. The number of hydrogen-bond acceptors (Lipinski definition) is 5. The summed E-state index contributed by atoms with van der Waals surface area (Å²) in [4.78, 5) is 23.5. The van der Waals surface area contributed by atoms with E-state index < -0.39 is 17.5 Å². The van der Waals surface area contributed by atoms with Gasteiger partial charge in [-0.2, -0.15) is 0 Å². The van der Waals surface area contributed by atoms with Gasteiger partial charge < -0.3 is 15.2 Å². The lowest BCUT2D eigenvalue weighted by atomic mass is 10.1. The van der Waals surface area contributed by atoms with Crippen LogP contribution in [0.5, 0.6) is 5.75 Å². The Labute approximate surface area is 118 Å². The molecule has 5 heteroatoms. The quantitative estimate of drug-likeness (QED) is 0.398. The summed E-state index contributed by atoms with van der Waals surface area (Å²) in [6.45, 7) is 10.3. The van der Waals surface area contributed by atoms with Crippen LogP contribution in [0.15, 0.2) is 30.4 Å². The van der Waals surface area contributed by atoms with Crippen LogP contribution in [0.3, 0.4) is 0 Å². The zero-order chi connectivity index (χ0) is 15.5. The Balaban J connectivity index is 3.04. The first kappa shape index (κ1) is 15.8. The normalized spacial score (nSPS) is 10.8. The van der Waals surface area contributed by atoms with Crippen LogP contribution in [0.1, 0.15) is 38.1 Å². The molecule has 1 rings (SSSR count). The Morgan fingerprint density at radius 2 is 1.85 bits per heavy atom. The van der Waals surface area contributed by atoms with Crippen molar-refractivity contribution < 1.29 is 19.1 Å². The summed E-state index contributed by atoms with van der Waals surface area (Å²) in [6, 6.07) is 4.59. The lowest BCUT2D eigenvalue weighted by molar-refractivity contribution is -0.130. The van der Waals surface area contributed by atoms with E-state index in [4.69, 9.17) is 15.2 Å². The van der Waals surface area contributed by atoms with Gasteiger partial charge in [-0.05, 0) is 39.8 Å². The second kappa shape index (κ2) is 5.77. The van der Waals surface area contributed by atoms with E-state index >= 15 is 0 Å². The summed E-state index contributed by atoms with van der Waals surface area (Å²) in [5.41, 5.74) is 5.68. The molecule has 108 valence electrons. The van der Waals surface area contributed by atoms with E-state index in [1.165, 1.54) is 19.1 Å². The van der Waals surface area contributed by atoms with Gasteiger partial charge in [0.15, 0.2) is 5.75 Å². The van der Waals surface area contributed by atoms with Crippen molar-refractivity contribution in [1.82, 2.24) is 0 Å². The first-order valence-electron chi connectivity index (χ1n) is 6.11. The van der Waals surface area contributed by atoms with Crippen molar-refractivity contribution in [3.05, 3.63) is 35.9 Å². The van der Waals surface area contributed by atoms with Crippen LogP contribution in [0, 0.1) is 0 Å². The summed E-state index contributed by atoms with van der Waals surface area (Å²) >= 11 is 0. The van der Waals surface area contributed by atoms with E-state index in [0.717, 1.165) is 0 Å². The molecule has 2 N–H and O–H groups in total. The minimum atomic E-state index is -0.631. The van der Waals surface area contributed by atoms with Crippen molar-refractivity contribution in [2.45, 2.75) is 33.3 Å². The molecule has 1 aromatic rings. The summed E-state index contributed by atoms with van der Waals surface area (Å²) in [5.74, 6) is -1.05. The van der Waals surface area contributed by atoms with Crippen molar-refractivity contribution >= 4 is 17.6 Å². The van der Waals surface area contributed by atoms with Gasteiger partial charge in [0.2, 0.25) is 0 Å². The number of para-hydroxylation sites is 1. The van der Waals surface area contributed by atoms with E-state index in [-0.39, 0.29) is 22.6 Å². The molecule has 0 aliphatic heterocycles. The highest BCUT2D eigenvalue weighted by Crippen LogP contribution is 2.27. The molecule has 0 heterocycles. The van der Waals surface area contributed by atoms with Crippen LogP contribution < -0.4 is 10.5 Å². The Bertz CT molecular complexity index is 555. The molecular weight excluding hydrogens is 258 g/mol. The van der Waals surface area contributed by atoms with Gasteiger partial charge in [0.1, 0.15) is 5.60 Å². The molecule has 0 amide bonds. The molecule has 0 radical (unpaired) electrons. The highest BCUT2D eigenvalue weighted by atomic mass is 16.6. The monoisotopic (exact) mass is 277 g/mol. The molecule has 0 saturated heterocycles. The summed E-state index contributed by atoms with van der Waals surface area (Å²) in [6.07, 6.45) is 0. The predicted molar refractivity (Wildman–Crippen MR) is 76.5 cm³/mol. The minimum absolute atomic E-state index is 0.0661. The summed E-state index contributed by atoms with van der Waals surface area (Å²) in [5, 5.41) is 0. The number of rotatable bonds is 3. The topological polar surface area (TPSA) is 78.6 Å². The van der Waals surface area contributed by atoms with Crippen LogP contribution in [0.2, 0.25) is 0 Å². The molecule has 20 heavy (non-hydrogen) atoms. The molecule has 0 fully saturated rings. The SMILES string of the molecule is C=C(C)C(=O)Oc1cccc(C(=O)OC(C)(C)C)c1N. The molecule has 5 nitrogen and oxygen atoms in total. The molecule has 0 saturated carbocycles. The van der Waals surface area contributed by atoms with E-state index in [1.807, 2.05) is 0 Å². The van der Waals surface area contributed by atoms with Crippen molar-refractivity contribution in [1.29, 1.82) is 0 Å². The molecule has 0 aliphatic carbocycles. The molecular formula is C15H19NO4. The van der Waals surface area contributed by atoms with Crippen LogP contribution in [0.25, 0.3) is 0 Å². The van der Waals surface area contributed by atoms with Crippen LogP contribution in [-0.4, -0.2) is 17.5 Å². The van der Waals surface area contributed by atoms with Crippen LogP contribution in [-0.2, 0) is 9.53 Å². The fourth-order valence-electron chi connectivity index (χ4n) is 1.33. The maximum Gasteiger partial charge on any atom is 0.340 e. The van der Waals surface area contributed by atoms with Gasteiger partial charge in [0, 0.05) is 5.57 Å². The first-order valence-corrected chi connectivity index (χ1v) is 6.11. The largest absolute Gasteiger partial charge is 0.456 e. The zero-order valence-electron chi connectivity index (χ0n) is 12.1. The number of carbonyl (C=O) groups is 2. The number of anilines is 1. The third kappa shape index (κ3) is 4.12. The number of carbonyl (C=O) groups excluding carboxylic acids is 2. The first-order chi connectivity index (χ1) is 9.11. The second-order valence-electron chi connectivity index (χ2n) is 5.39. The van der Waals surface area contributed by atoms with Gasteiger partial charge in [-0.3, -0.25) is 0 Å². The predicted octanol–water partition coefficient (Wildman–Crippen LogP) is 2.71. The molecule has 0 unspecified atom stereocenters. The Kier molecular flexibility index (Phi) is 4.55. The molecule has 0 spiro atoms. The highest BCUT2D eigenvalue weighted by molar-refractivity contribution is 5.98. The number of esters is 2. The van der Waals surface area contributed by atoms with Gasteiger partial charge in [-0.15, -0.1) is 0 Å². The third-order valence-corrected chi connectivity index (χ3v) is 2.24. The third-order valence-electron chi connectivity index (χ3n) is 2.24. The Morgan fingerprint density at radius 3 is 2.35 bits per heavy atom. The maximum atomic E-state index is 12.0. The Hall–Kier alpha value is -2.30. The van der Waals surface area contributed by atoms with Crippen molar-refractivity contribution in [2.75, 3.05) is 5.73 Å². The fraction of sp³-hybridized carbons (Fsp3) is 0.333. The van der Waals surface area contributed by atoms with Gasteiger partial charge >= 0.3 is 11.9 Å². The van der Waals surface area contributed by atoms with Gasteiger partial charge in [0.25, 0.3) is 0 Å². The van der Waals surface area contributed by atoms with Crippen molar-refractivity contribution in [3.8, 4) is 5.75 Å². The van der Waals surface area contributed by atoms with Gasteiger partial charge in [-0.25, -0.2) is 9.59 Å². The summed E-state index contributed by atoms with van der Waals surface area (Å²) < 4.78 is 10.3. The van der Waals surface area contributed by atoms with E-state index in [2.05, 4.69) is 6.58 Å². The van der Waals surface area contributed by atoms with E-state index in [1.54, 1.807) is 26.8 Å². The van der Waals surface area contributed by atoms with Crippen molar-refractivity contribution in [3.63, 3.8) is 0 Å². The minimum Gasteiger partial charge on any atom is -0.456 e. The molecule has 1 aromatic carbocycles. The average molecular weight is 277 g/mol. The molecule has 0 aliphatic rings. The average Bonchev–Trinajstić information content (AvgIpc) is 2.29. The van der Waals surface area contributed by atoms with Gasteiger partial charge in [0.05, 0.1) is 11.3 Å². The molecule has 0 aromatic heterocycles. The lowest BCUT2D eigenvalue weighted by Gasteiger charge is -2.20.